The standard InChI is InChI=1S/C19H23N3O3S/c23-26(24)19-6-2-1-5-17(19)22(10-14-7-8-14)18-13-21(12-16(18)20-26)11-15-4-3-9-25-15/h1-6,9,14,16,18,20H,7-8,10-13H2/t16-,18-/m1/s1. The minimum Gasteiger partial charge on any atom is -0.468 e. The van der Waals surface area contributed by atoms with Crippen LogP contribution in [0.25, 0.3) is 0 Å². The Morgan fingerprint density at radius 3 is 2.73 bits per heavy atom. The lowest BCUT2D eigenvalue weighted by Crippen LogP contribution is -2.49. The Hall–Kier alpha value is -1.83. The SMILES string of the molecule is O=S1(=O)N[C@@H]2CN(Cc3ccco3)C[C@H]2N(CC2CC2)c2ccccc21. The fourth-order valence-corrected chi connectivity index (χ4v) is 5.70. The summed E-state index contributed by atoms with van der Waals surface area (Å²) in [5, 5.41) is 0. The van der Waals surface area contributed by atoms with Crippen molar-refractivity contribution in [3.8, 4) is 0 Å². The number of hydrogen-bond donors (Lipinski definition) is 1. The number of fused-ring (bicyclic) bond motifs is 2. The quantitative estimate of drug-likeness (QED) is 0.888. The van der Waals surface area contributed by atoms with Gasteiger partial charge < -0.3 is 9.32 Å². The van der Waals surface area contributed by atoms with Crippen LogP contribution in [0.1, 0.15) is 18.6 Å². The van der Waals surface area contributed by atoms with Gasteiger partial charge in [-0.25, -0.2) is 13.1 Å². The number of hydrogen-bond acceptors (Lipinski definition) is 5. The number of likely N-dealkylation sites (tertiary alicyclic amines) is 1. The zero-order chi connectivity index (χ0) is 17.7. The van der Waals surface area contributed by atoms with Crippen LogP contribution in [-0.4, -0.2) is 45.0 Å². The third-order valence-corrected chi connectivity index (χ3v) is 7.18. The molecule has 0 bridgehead atoms. The highest BCUT2D eigenvalue weighted by Gasteiger charge is 2.44. The second kappa shape index (κ2) is 6.11. The zero-order valence-corrected chi connectivity index (χ0v) is 15.4. The minimum atomic E-state index is -3.51. The van der Waals surface area contributed by atoms with Crippen LogP contribution in [0.5, 0.6) is 0 Å². The molecule has 0 radical (unpaired) electrons. The summed E-state index contributed by atoms with van der Waals surface area (Å²) < 4.78 is 34.3. The number of nitrogens with zero attached hydrogens (tertiary/aromatic N) is 2. The van der Waals surface area contributed by atoms with Gasteiger partial charge in [0.25, 0.3) is 0 Å². The van der Waals surface area contributed by atoms with Crippen molar-refractivity contribution in [2.75, 3.05) is 24.5 Å². The van der Waals surface area contributed by atoms with Gasteiger partial charge in [-0.15, -0.1) is 0 Å². The molecule has 0 amide bonds. The number of benzene rings is 1. The fourth-order valence-electron chi connectivity index (χ4n) is 4.23. The van der Waals surface area contributed by atoms with Gasteiger partial charge >= 0.3 is 0 Å². The average molecular weight is 373 g/mol. The molecule has 5 rings (SSSR count). The Bertz CT molecular complexity index is 893. The molecule has 138 valence electrons. The Kier molecular flexibility index (Phi) is 3.84. The molecule has 7 heteroatoms. The molecule has 6 nitrogen and oxygen atoms in total. The zero-order valence-electron chi connectivity index (χ0n) is 14.5. The summed E-state index contributed by atoms with van der Waals surface area (Å²) in [4.78, 5) is 5.04. The molecule has 1 aromatic carbocycles. The summed E-state index contributed by atoms with van der Waals surface area (Å²) in [6.07, 6.45) is 4.17. The van der Waals surface area contributed by atoms with Gasteiger partial charge in [0.05, 0.1) is 30.6 Å². The monoisotopic (exact) mass is 373 g/mol. The predicted molar refractivity (Wildman–Crippen MR) is 98.4 cm³/mol. The van der Waals surface area contributed by atoms with Crippen molar-refractivity contribution < 1.29 is 12.8 Å². The first-order chi connectivity index (χ1) is 12.6. The summed E-state index contributed by atoms with van der Waals surface area (Å²) >= 11 is 0. The lowest BCUT2D eigenvalue weighted by Gasteiger charge is -2.32. The maximum atomic E-state index is 12.9. The molecule has 26 heavy (non-hydrogen) atoms. The van der Waals surface area contributed by atoms with Gasteiger partial charge in [-0.05, 0) is 43.0 Å². The number of sulfonamides is 1. The molecule has 0 spiro atoms. The molecule has 0 unspecified atom stereocenters. The molecule has 2 fully saturated rings. The summed E-state index contributed by atoms with van der Waals surface area (Å²) in [7, 11) is -3.51. The predicted octanol–water partition coefficient (Wildman–Crippen LogP) is 2.04. The van der Waals surface area contributed by atoms with Gasteiger partial charge in [-0.3, -0.25) is 4.90 Å². The molecule has 2 aliphatic heterocycles. The maximum absolute atomic E-state index is 12.9. The summed E-state index contributed by atoms with van der Waals surface area (Å²) in [5.74, 6) is 1.60. The van der Waals surface area contributed by atoms with Crippen molar-refractivity contribution >= 4 is 15.7 Å². The van der Waals surface area contributed by atoms with E-state index in [1.807, 2.05) is 24.3 Å². The molecule has 2 atom stereocenters. The van der Waals surface area contributed by atoms with Gasteiger partial charge in [0.1, 0.15) is 10.7 Å². The van der Waals surface area contributed by atoms with Crippen LogP contribution in [-0.2, 0) is 16.6 Å². The van der Waals surface area contributed by atoms with E-state index in [0.29, 0.717) is 23.9 Å². The third kappa shape index (κ3) is 2.94. The van der Waals surface area contributed by atoms with E-state index in [-0.39, 0.29) is 12.1 Å². The number of rotatable bonds is 4. The number of furan rings is 1. The molecule has 1 saturated heterocycles. The summed E-state index contributed by atoms with van der Waals surface area (Å²) in [6.45, 7) is 3.17. The lowest BCUT2D eigenvalue weighted by molar-refractivity contribution is 0.289. The Morgan fingerprint density at radius 1 is 1.12 bits per heavy atom. The first kappa shape index (κ1) is 16.4. The summed E-state index contributed by atoms with van der Waals surface area (Å²) in [5.41, 5.74) is 0.847. The largest absolute Gasteiger partial charge is 0.468 e. The molecule has 1 saturated carbocycles. The topological polar surface area (TPSA) is 65.8 Å². The van der Waals surface area contributed by atoms with E-state index in [1.54, 1.807) is 18.4 Å². The van der Waals surface area contributed by atoms with Crippen LogP contribution >= 0.6 is 0 Å². The second-order valence-corrected chi connectivity index (χ2v) is 9.31. The molecular formula is C19H23N3O3S. The van der Waals surface area contributed by atoms with Crippen molar-refractivity contribution in [1.29, 1.82) is 0 Å². The van der Waals surface area contributed by atoms with Crippen LogP contribution in [0, 0.1) is 5.92 Å². The fraction of sp³-hybridized carbons (Fsp3) is 0.474. The van der Waals surface area contributed by atoms with Crippen LogP contribution < -0.4 is 9.62 Å². The first-order valence-electron chi connectivity index (χ1n) is 9.23. The van der Waals surface area contributed by atoms with Crippen molar-refractivity contribution in [1.82, 2.24) is 9.62 Å². The molecule has 1 aliphatic carbocycles. The lowest BCUT2D eigenvalue weighted by atomic mass is 10.1. The molecule has 1 N–H and O–H groups in total. The van der Waals surface area contributed by atoms with E-state index in [4.69, 9.17) is 4.42 Å². The molecular weight excluding hydrogens is 350 g/mol. The molecule has 2 aromatic rings. The number of para-hydroxylation sites is 1. The normalized spacial score (nSPS) is 27.8. The van der Waals surface area contributed by atoms with Gasteiger partial charge in [-0.2, -0.15) is 0 Å². The number of anilines is 1. The third-order valence-electron chi connectivity index (χ3n) is 5.65. The van der Waals surface area contributed by atoms with E-state index in [2.05, 4.69) is 14.5 Å². The molecule has 3 heterocycles. The summed E-state index contributed by atoms with van der Waals surface area (Å²) in [6, 6.07) is 11.3. The van der Waals surface area contributed by atoms with Crippen molar-refractivity contribution in [3.63, 3.8) is 0 Å². The molecule has 3 aliphatic rings. The van der Waals surface area contributed by atoms with Gasteiger partial charge in [0.2, 0.25) is 10.0 Å². The van der Waals surface area contributed by atoms with Crippen LogP contribution in [0.2, 0.25) is 0 Å². The van der Waals surface area contributed by atoms with E-state index < -0.39 is 10.0 Å². The van der Waals surface area contributed by atoms with Crippen LogP contribution in [0.4, 0.5) is 5.69 Å². The average Bonchev–Trinajstić information content (AvgIpc) is 3.17. The minimum absolute atomic E-state index is 0.110. The highest BCUT2D eigenvalue weighted by Crippen LogP contribution is 2.38. The van der Waals surface area contributed by atoms with Gasteiger partial charge in [-0.1, -0.05) is 12.1 Å². The highest BCUT2D eigenvalue weighted by molar-refractivity contribution is 7.89. The van der Waals surface area contributed by atoms with E-state index in [9.17, 15) is 8.42 Å². The smallest absolute Gasteiger partial charge is 0.242 e. The van der Waals surface area contributed by atoms with Gasteiger partial charge in [0.15, 0.2) is 0 Å². The van der Waals surface area contributed by atoms with E-state index in [1.165, 1.54) is 12.8 Å². The van der Waals surface area contributed by atoms with Crippen molar-refractivity contribution in [2.45, 2.75) is 36.4 Å². The van der Waals surface area contributed by atoms with E-state index >= 15 is 0 Å². The van der Waals surface area contributed by atoms with Crippen LogP contribution in [0.15, 0.2) is 52.0 Å². The second-order valence-electron chi connectivity index (χ2n) is 7.63. The van der Waals surface area contributed by atoms with Crippen molar-refractivity contribution in [2.24, 2.45) is 5.92 Å². The Morgan fingerprint density at radius 2 is 1.96 bits per heavy atom. The highest BCUT2D eigenvalue weighted by atomic mass is 32.2. The number of nitrogens with one attached hydrogen (secondary N) is 1. The molecule has 1 aromatic heterocycles. The van der Waals surface area contributed by atoms with Crippen LogP contribution in [0.3, 0.4) is 0 Å². The van der Waals surface area contributed by atoms with E-state index in [0.717, 1.165) is 24.5 Å². The van der Waals surface area contributed by atoms with Crippen molar-refractivity contribution in [3.05, 3.63) is 48.4 Å². The maximum Gasteiger partial charge on any atom is 0.242 e. The Labute approximate surface area is 153 Å². The Balaban J connectivity index is 1.49. The first-order valence-corrected chi connectivity index (χ1v) is 10.7. The van der Waals surface area contributed by atoms with Gasteiger partial charge in [0, 0.05) is 19.6 Å².